The molecule has 0 amide bonds. The highest BCUT2D eigenvalue weighted by molar-refractivity contribution is 5.27. The summed E-state index contributed by atoms with van der Waals surface area (Å²) in [6.45, 7) is 6.19. The second-order valence-electron chi connectivity index (χ2n) is 6.51. The van der Waals surface area contributed by atoms with E-state index in [0.29, 0.717) is 25.9 Å². The van der Waals surface area contributed by atoms with Crippen LogP contribution in [-0.2, 0) is 4.74 Å². The maximum Gasteiger partial charge on any atom is 0.119 e. The smallest absolute Gasteiger partial charge is 0.119 e. The molecule has 0 radical (unpaired) electrons. The Bertz CT molecular complexity index is 479. The molecule has 1 aromatic rings. The van der Waals surface area contributed by atoms with Gasteiger partial charge >= 0.3 is 0 Å². The molecule has 3 atom stereocenters. The third kappa shape index (κ3) is 3.80. The van der Waals surface area contributed by atoms with Crippen molar-refractivity contribution in [2.45, 2.75) is 38.3 Å². The molecule has 122 valence electrons. The van der Waals surface area contributed by atoms with Crippen LogP contribution in [0.3, 0.4) is 0 Å². The lowest BCUT2D eigenvalue weighted by atomic mass is 9.89. The van der Waals surface area contributed by atoms with Gasteiger partial charge in [-0.3, -0.25) is 4.90 Å². The number of benzene rings is 1. The number of hydrogen-bond donors (Lipinski definition) is 1. The third-order valence-electron chi connectivity index (χ3n) is 4.91. The second kappa shape index (κ2) is 7.44. The van der Waals surface area contributed by atoms with Crippen molar-refractivity contribution < 1.29 is 14.6 Å². The molecule has 0 bridgehead atoms. The molecule has 4 heteroatoms. The van der Waals surface area contributed by atoms with E-state index in [9.17, 15) is 5.11 Å². The van der Waals surface area contributed by atoms with Crippen molar-refractivity contribution in [1.82, 2.24) is 4.90 Å². The first kappa shape index (κ1) is 15.8. The van der Waals surface area contributed by atoms with Crippen LogP contribution in [0.15, 0.2) is 24.3 Å². The molecular weight excluding hydrogens is 278 g/mol. The average molecular weight is 305 g/mol. The summed E-state index contributed by atoms with van der Waals surface area (Å²) in [7, 11) is 0. The molecule has 0 saturated carbocycles. The van der Waals surface area contributed by atoms with Crippen LogP contribution in [0.1, 0.15) is 24.8 Å². The predicted octanol–water partition coefficient (Wildman–Crippen LogP) is 2.24. The minimum atomic E-state index is -0.211. The molecule has 4 nitrogen and oxygen atoms in total. The van der Waals surface area contributed by atoms with E-state index in [0.717, 1.165) is 31.7 Å². The molecule has 0 aliphatic carbocycles. The fourth-order valence-corrected chi connectivity index (χ4v) is 3.72. The van der Waals surface area contributed by atoms with Crippen molar-refractivity contribution in [3.63, 3.8) is 0 Å². The molecule has 2 saturated heterocycles. The molecule has 0 spiro atoms. The average Bonchev–Trinajstić information content (AvgIpc) is 2.96. The molecule has 0 aromatic heterocycles. The first-order chi connectivity index (χ1) is 10.7. The van der Waals surface area contributed by atoms with Gasteiger partial charge in [-0.2, -0.15) is 0 Å². The van der Waals surface area contributed by atoms with Gasteiger partial charge in [0.25, 0.3) is 0 Å². The number of rotatable bonds is 5. The first-order valence-electron chi connectivity index (χ1n) is 8.43. The maximum atomic E-state index is 10.2. The molecule has 0 unspecified atom stereocenters. The van der Waals surface area contributed by atoms with Crippen LogP contribution in [0.5, 0.6) is 5.75 Å². The zero-order valence-electron chi connectivity index (χ0n) is 13.4. The van der Waals surface area contributed by atoms with E-state index in [1.54, 1.807) is 0 Å². The Kier molecular flexibility index (Phi) is 5.34. The number of likely N-dealkylation sites (tertiary alicyclic amines) is 1. The molecule has 1 N–H and O–H groups in total. The van der Waals surface area contributed by atoms with Crippen LogP contribution in [0.25, 0.3) is 0 Å². The lowest BCUT2D eigenvalue weighted by Gasteiger charge is -2.37. The van der Waals surface area contributed by atoms with Crippen LogP contribution in [0.2, 0.25) is 0 Å². The van der Waals surface area contributed by atoms with E-state index in [-0.39, 0.29) is 12.0 Å². The lowest BCUT2D eigenvalue weighted by molar-refractivity contribution is -0.0634. The molecular formula is C18H27NO3. The zero-order valence-corrected chi connectivity index (χ0v) is 13.4. The predicted molar refractivity (Wildman–Crippen MR) is 86.2 cm³/mol. The van der Waals surface area contributed by atoms with Crippen LogP contribution >= 0.6 is 0 Å². The van der Waals surface area contributed by atoms with E-state index >= 15 is 0 Å². The topological polar surface area (TPSA) is 41.9 Å². The van der Waals surface area contributed by atoms with Crippen LogP contribution < -0.4 is 4.74 Å². The van der Waals surface area contributed by atoms with Gasteiger partial charge in [0.05, 0.1) is 12.7 Å². The normalized spacial score (nSPS) is 29.6. The van der Waals surface area contributed by atoms with Gasteiger partial charge in [0.1, 0.15) is 12.4 Å². The Morgan fingerprint density at radius 3 is 3.09 bits per heavy atom. The van der Waals surface area contributed by atoms with Gasteiger partial charge in [0.15, 0.2) is 0 Å². The highest BCUT2D eigenvalue weighted by Crippen LogP contribution is 2.29. The zero-order chi connectivity index (χ0) is 15.4. The van der Waals surface area contributed by atoms with Crippen molar-refractivity contribution in [3.05, 3.63) is 29.8 Å². The number of aliphatic hydroxyl groups is 1. The Labute approximate surface area is 133 Å². The fraction of sp³-hybridized carbons (Fsp3) is 0.667. The maximum absolute atomic E-state index is 10.2. The van der Waals surface area contributed by atoms with Gasteiger partial charge in [0.2, 0.25) is 0 Å². The number of hydrogen-bond acceptors (Lipinski definition) is 4. The Morgan fingerprint density at radius 2 is 2.27 bits per heavy atom. The molecule has 1 aromatic carbocycles. The first-order valence-corrected chi connectivity index (χ1v) is 8.43. The summed E-state index contributed by atoms with van der Waals surface area (Å²) in [5.41, 5.74) is 1.22. The van der Waals surface area contributed by atoms with Gasteiger partial charge in [-0.05, 0) is 50.4 Å². The summed E-state index contributed by atoms with van der Waals surface area (Å²) in [4.78, 5) is 2.47. The largest absolute Gasteiger partial charge is 0.492 e. The second-order valence-corrected chi connectivity index (χ2v) is 6.51. The quantitative estimate of drug-likeness (QED) is 0.906. The summed E-state index contributed by atoms with van der Waals surface area (Å²) in [6.07, 6.45) is 2.93. The van der Waals surface area contributed by atoms with Gasteiger partial charge in [-0.1, -0.05) is 12.1 Å². The van der Waals surface area contributed by atoms with Gasteiger partial charge in [0, 0.05) is 25.1 Å². The van der Waals surface area contributed by atoms with Gasteiger partial charge in [-0.25, -0.2) is 0 Å². The van der Waals surface area contributed by atoms with Crippen LogP contribution in [0.4, 0.5) is 0 Å². The summed E-state index contributed by atoms with van der Waals surface area (Å²) in [5, 5.41) is 10.2. The van der Waals surface area contributed by atoms with Crippen molar-refractivity contribution in [2.75, 3.05) is 32.9 Å². The molecule has 22 heavy (non-hydrogen) atoms. The number of aryl methyl sites for hydroxylation is 1. The SMILES string of the molecule is Cc1cccc(OCCN2CCC[C@@H]2[C@@H]2COCC[C@H]2O)c1. The van der Waals surface area contributed by atoms with E-state index in [1.807, 2.05) is 12.1 Å². The fourth-order valence-electron chi connectivity index (χ4n) is 3.72. The molecule has 2 fully saturated rings. The van der Waals surface area contributed by atoms with Crippen molar-refractivity contribution in [1.29, 1.82) is 0 Å². The number of nitrogens with zero attached hydrogens (tertiary/aromatic N) is 1. The summed E-state index contributed by atoms with van der Waals surface area (Å²) < 4.78 is 11.5. The summed E-state index contributed by atoms with van der Waals surface area (Å²) >= 11 is 0. The summed E-state index contributed by atoms with van der Waals surface area (Å²) in [5.74, 6) is 1.20. The number of aliphatic hydroxyl groups excluding tert-OH is 1. The van der Waals surface area contributed by atoms with Crippen molar-refractivity contribution >= 4 is 0 Å². The monoisotopic (exact) mass is 305 g/mol. The van der Waals surface area contributed by atoms with E-state index in [1.165, 1.54) is 12.0 Å². The molecule has 2 heterocycles. The Morgan fingerprint density at radius 1 is 1.36 bits per heavy atom. The van der Waals surface area contributed by atoms with Crippen LogP contribution in [0, 0.1) is 12.8 Å². The summed E-state index contributed by atoms with van der Waals surface area (Å²) in [6, 6.07) is 8.62. The minimum absolute atomic E-state index is 0.211. The highest BCUT2D eigenvalue weighted by Gasteiger charge is 2.37. The molecule has 2 aliphatic heterocycles. The van der Waals surface area contributed by atoms with E-state index in [2.05, 4.69) is 24.0 Å². The standard InChI is InChI=1S/C18H27NO3/c1-14-4-2-5-15(12-14)22-11-9-19-8-3-6-17(19)16-13-21-10-7-18(16)20/h2,4-5,12,16-18,20H,3,6-11,13H2,1H3/t16-,17+,18+/m0/s1. The minimum Gasteiger partial charge on any atom is -0.492 e. The third-order valence-corrected chi connectivity index (χ3v) is 4.91. The van der Waals surface area contributed by atoms with Crippen LogP contribution in [-0.4, -0.2) is 55.1 Å². The molecule has 2 aliphatic rings. The Hall–Kier alpha value is -1.10. The van der Waals surface area contributed by atoms with E-state index < -0.39 is 0 Å². The number of ether oxygens (including phenoxy) is 2. The van der Waals surface area contributed by atoms with Gasteiger partial charge < -0.3 is 14.6 Å². The van der Waals surface area contributed by atoms with Crippen molar-refractivity contribution in [3.8, 4) is 5.75 Å². The highest BCUT2D eigenvalue weighted by atomic mass is 16.5. The molecule has 3 rings (SSSR count). The Balaban J connectivity index is 1.50. The van der Waals surface area contributed by atoms with Crippen molar-refractivity contribution in [2.24, 2.45) is 5.92 Å². The lowest BCUT2D eigenvalue weighted by Crippen LogP contribution is -2.47. The van der Waals surface area contributed by atoms with Gasteiger partial charge in [-0.15, -0.1) is 0 Å². The van der Waals surface area contributed by atoms with E-state index in [4.69, 9.17) is 9.47 Å².